The maximum atomic E-state index is 13.4. The van der Waals surface area contributed by atoms with Crippen LogP contribution in [-0.2, 0) is 6.42 Å². The van der Waals surface area contributed by atoms with Crippen LogP contribution in [-0.4, -0.2) is 6.61 Å². The summed E-state index contributed by atoms with van der Waals surface area (Å²) in [5.41, 5.74) is 8.59. The molecule has 0 aliphatic carbocycles. The Labute approximate surface area is 113 Å². The fourth-order valence-electron chi connectivity index (χ4n) is 1.86. The maximum Gasteiger partial charge on any atom is 0.165 e. The molecular formula is C16H18FNO. The van der Waals surface area contributed by atoms with Crippen molar-refractivity contribution in [1.82, 2.24) is 0 Å². The quantitative estimate of drug-likeness (QED) is 0.656. The zero-order valence-corrected chi connectivity index (χ0v) is 11.0. The summed E-state index contributed by atoms with van der Waals surface area (Å²) in [6.45, 7) is 2.42. The van der Waals surface area contributed by atoms with E-state index < -0.39 is 0 Å². The lowest BCUT2D eigenvalue weighted by Crippen LogP contribution is -2.01. The smallest absolute Gasteiger partial charge is 0.165 e. The van der Waals surface area contributed by atoms with E-state index >= 15 is 0 Å². The standard InChI is InChI=1S/C16H18FNO/c1-12-4-9-15(17)16(11-12)19-10-2-3-13-5-7-14(18)8-6-13/h4-9,11H,2-3,10,18H2,1H3. The average Bonchev–Trinajstić information content (AvgIpc) is 2.40. The topological polar surface area (TPSA) is 35.2 Å². The van der Waals surface area contributed by atoms with E-state index in [4.69, 9.17) is 10.5 Å². The van der Waals surface area contributed by atoms with Crippen LogP contribution < -0.4 is 10.5 Å². The maximum absolute atomic E-state index is 13.4. The Bertz CT molecular complexity index is 537. The number of rotatable bonds is 5. The van der Waals surface area contributed by atoms with Crippen molar-refractivity contribution in [3.8, 4) is 5.75 Å². The summed E-state index contributed by atoms with van der Waals surface area (Å²) in [7, 11) is 0. The van der Waals surface area contributed by atoms with Crippen LogP contribution in [0.4, 0.5) is 10.1 Å². The lowest BCUT2D eigenvalue weighted by molar-refractivity contribution is 0.295. The number of hydrogen-bond donors (Lipinski definition) is 1. The van der Waals surface area contributed by atoms with Gasteiger partial charge in [0.05, 0.1) is 6.61 Å². The molecule has 100 valence electrons. The third kappa shape index (κ3) is 3.98. The fraction of sp³-hybridized carbons (Fsp3) is 0.250. The first kappa shape index (κ1) is 13.4. The van der Waals surface area contributed by atoms with Crippen molar-refractivity contribution in [3.05, 3.63) is 59.4 Å². The predicted molar refractivity (Wildman–Crippen MR) is 75.8 cm³/mol. The Morgan fingerprint density at radius 2 is 1.84 bits per heavy atom. The molecular weight excluding hydrogens is 241 g/mol. The van der Waals surface area contributed by atoms with Crippen molar-refractivity contribution in [1.29, 1.82) is 0 Å². The number of ether oxygens (including phenoxy) is 1. The molecule has 0 radical (unpaired) electrons. The SMILES string of the molecule is Cc1ccc(F)c(OCCCc2ccc(N)cc2)c1. The van der Waals surface area contributed by atoms with E-state index in [9.17, 15) is 4.39 Å². The molecule has 2 aromatic rings. The van der Waals surface area contributed by atoms with Gasteiger partial charge in [-0.2, -0.15) is 0 Å². The summed E-state index contributed by atoms with van der Waals surface area (Å²) >= 11 is 0. The number of hydrogen-bond acceptors (Lipinski definition) is 2. The summed E-state index contributed by atoms with van der Waals surface area (Å²) in [4.78, 5) is 0. The normalized spacial score (nSPS) is 10.4. The monoisotopic (exact) mass is 259 g/mol. The molecule has 0 aromatic heterocycles. The van der Waals surface area contributed by atoms with Crippen LogP contribution in [0.5, 0.6) is 5.75 Å². The summed E-state index contributed by atoms with van der Waals surface area (Å²) < 4.78 is 18.9. The lowest BCUT2D eigenvalue weighted by atomic mass is 10.1. The molecule has 0 amide bonds. The van der Waals surface area contributed by atoms with Crippen LogP contribution in [0, 0.1) is 12.7 Å². The molecule has 2 aromatic carbocycles. The second-order valence-corrected chi connectivity index (χ2v) is 4.63. The van der Waals surface area contributed by atoms with Crippen LogP contribution in [0.15, 0.2) is 42.5 Å². The van der Waals surface area contributed by atoms with Crippen molar-refractivity contribution in [2.24, 2.45) is 0 Å². The number of nitrogens with two attached hydrogens (primary N) is 1. The molecule has 19 heavy (non-hydrogen) atoms. The van der Waals surface area contributed by atoms with E-state index in [1.54, 1.807) is 12.1 Å². The van der Waals surface area contributed by atoms with Crippen molar-refractivity contribution >= 4 is 5.69 Å². The van der Waals surface area contributed by atoms with Crippen molar-refractivity contribution in [3.63, 3.8) is 0 Å². The van der Waals surface area contributed by atoms with E-state index in [0.717, 1.165) is 24.1 Å². The molecule has 3 heteroatoms. The number of halogens is 1. The molecule has 2 N–H and O–H groups in total. The molecule has 2 rings (SSSR count). The molecule has 0 unspecified atom stereocenters. The van der Waals surface area contributed by atoms with Crippen LogP contribution in [0.25, 0.3) is 0 Å². The van der Waals surface area contributed by atoms with E-state index in [1.165, 1.54) is 11.6 Å². The van der Waals surface area contributed by atoms with E-state index in [0.29, 0.717) is 12.4 Å². The van der Waals surface area contributed by atoms with Gasteiger partial charge in [-0.05, 0) is 55.2 Å². The van der Waals surface area contributed by atoms with E-state index in [-0.39, 0.29) is 5.82 Å². The second-order valence-electron chi connectivity index (χ2n) is 4.63. The molecule has 0 spiro atoms. The molecule has 0 saturated heterocycles. The second kappa shape index (κ2) is 6.23. The summed E-state index contributed by atoms with van der Waals surface area (Å²) in [6.07, 6.45) is 1.74. The lowest BCUT2D eigenvalue weighted by Gasteiger charge is -2.08. The minimum atomic E-state index is -0.307. The van der Waals surface area contributed by atoms with E-state index in [1.807, 2.05) is 31.2 Å². The third-order valence-corrected chi connectivity index (χ3v) is 2.93. The Morgan fingerprint density at radius 3 is 2.58 bits per heavy atom. The number of nitrogen functional groups attached to an aromatic ring is 1. The van der Waals surface area contributed by atoms with Gasteiger partial charge in [-0.15, -0.1) is 0 Å². The van der Waals surface area contributed by atoms with Gasteiger partial charge in [0.15, 0.2) is 11.6 Å². The average molecular weight is 259 g/mol. The zero-order valence-electron chi connectivity index (χ0n) is 11.0. The van der Waals surface area contributed by atoms with Gasteiger partial charge in [0.25, 0.3) is 0 Å². The highest BCUT2D eigenvalue weighted by Gasteiger charge is 2.03. The molecule has 0 fully saturated rings. The van der Waals surface area contributed by atoms with Gasteiger partial charge in [-0.3, -0.25) is 0 Å². The van der Waals surface area contributed by atoms with E-state index in [2.05, 4.69) is 0 Å². The van der Waals surface area contributed by atoms with Crippen LogP contribution in [0.1, 0.15) is 17.5 Å². The Kier molecular flexibility index (Phi) is 4.39. The van der Waals surface area contributed by atoms with Crippen molar-refractivity contribution in [2.75, 3.05) is 12.3 Å². The minimum absolute atomic E-state index is 0.307. The van der Waals surface area contributed by atoms with Gasteiger partial charge in [0, 0.05) is 5.69 Å². The third-order valence-electron chi connectivity index (χ3n) is 2.93. The summed E-state index contributed by atoms with van der Waals surface area (Å²) in [5.74, 6) is 0.0235. The zero-order chi connectivity index (χ0) is 13.7. The van der Waals surface area contributed by atoms with Crippen LogP contribution in [0.3, 0.4) is 0 Å². The van der Waals surface area contributed by atoms with Crippen molar-refractivity contribution in [2.45, 2.75) is 19.8 Å². The highest BCUT2D eigenvalue weighted by atomic mass is 19.1. The fourth-order valence-corrected chi connectivity index (χ4v) is 1.86. The van der Waals surface area contributed by atoms with Gasteiger partial charge >= 0.3 is 0 Å². The molecule has 0 bridgehead atoms. The van der Waals surface area contributed by atoms with Crippen LogP contribution in [0.2, 0.25) is 0 Å². The van der Waals surface area contributed by atoms with Crippen molar-refractivity contribution < 1.29 is 9.13 Å². The Hall–Kier alpha value is -2.03. The molecule has 0 aliphatic rings. The van der Waals surface area contributed by atoms with Gasteiger partial charge in [-0.25, -0.2) is 4.39 Å². The number of anilines is 1. The minimum Gasteiger partial charge on any atom is -0.490 e. The van der Waals surface area contributed by atoms with Gasteiger partial charge in [-0.1, -0.05) is 18.2 Å². The van der Waals surface area contributed by atoms with Gasteiger partial charge < -0.3 is 10.5 Å². The molecule has 2 nitrogen and oxygen atoms in total. The molecule has 0 heterocycles. The first-order valence-corrected chi connectivity index (χ1v) is 6.38. The summed E-state index contributed by atoms with van der Waals surface area (Å²) in [5, 5.41) is 0. The number of aryl methyl sites for hydroxylation is 2. The largest absolute Gasteiger partial charge is 0.490 e. The van der Waals surface area contributed by atoms with Crippen LogP contribution >= 0.6 is 0 Å². The highest BCUT2D eigenvalue weighted by Crippen LogP contribution is 2.18. The first-order valence-electron chi connectivity index (χ1n) is 6.38. The summed E-state index contributed by atoms with van der Waals surface area (Å²) in [6, 6.07) is 12.7. The Balaban J connectivity index is 1.80. The number of benzene rings is 2. The predicted octanol–water partition coefficient (Wildman–Crippen LogP) is 3.73. The van der Waals surface area contributed by atoms with Gasteiger partial charge in [0.2, 0.25) is 0 Å². The van der Waals surface area contributed by atoms with Gasteiger partial charge in [0.1, 0.15) is 0 Å². The highest BCUT2D eigenvalue weighted by molar-refractivity contribution is 5.39. The first-order chi connectivity index (χ1) is 9.15. The Morgan fingerprint density at radius 1 is 1.11 bits per heavy atom. The molecule has 0 aliphatic heterocycles. The molecule has 0 atom stereocenters. The molecule has 0 saturated carbocycles.